The van der Waals surface area contributed by atoms with Crippen LogP contribution in [-0.4, -0.2) is 45.8 Å². The fourth-order valence-corrected chi connectivity index (χ4v) is 5.34. The zero-order valence-corrected chi connectivity index (χ0v) is 18.5. The van der Waals surface area contributed by atoms with Crippen LogP contribution in [0.2, 0.25) is 0 Å². The van der Waals surface area contributed by atoms with E-state index in [4.69, 9.17) is 0 Å². The molecule has 0 spiro atoms. The van der Waals surface area contributed by atoms with E-state index in [0.29, 0.717) is 11.0 Å². The fraction of sp³-hybridized carbons (Fsp3) is 0.500. The number of hydrogen-bond acceptors (Lipinski definition) is 7. The second kappa shape index (κ2) is 7.74. The highest BCUT2D eigenvalue weighted by atomic mass is 32.2. The molecule has 10 heteroatoms. The van der Waals surface area contributed by atoms with Crippen molar-refractivity contribution in [3.63, 3.8) is 0 Å². The molecular formula is C20H24F2N6S2. The maximum absolute atomic E-state index is 13.0. The number of piperazine rings is 1. The van der Waals surface area contributed by atoms with Crippen LogP contribution in [-0.2, 0) is 0 Å². The summed E-state index contributed by atoms with van der Waals surface area (Å²) in [5.41, 5.74) is 3.20. The predicted octanol–water partition coefficient (Wildman–Crippen LogP) is 4.34. The molecule has 1 saturated heterocycles. The van der Waals surface area contributed by atoms with Gasteiger partial charge in [0.2, 0.25) is 0 Å². The average Bonchev–Trinajstić information content (AvgIpc) is 3.12. The molecule has 0 radical (unpaired) electrons. The van der Waals surface area contributed by atoms with Crippen LogP contribution in [0.4, 0.5) is 14.5 Å². The van der Waals surface area contributed by atoms with Gasteiger partial charge in [-0.1, -0.05) is 11.3 Å². The molecule has 2 N–H and O–H groups in total. The van der Waals surface area contributed by atoms with Gasteiger partial charge >= 0.3 is 0 Å². The minimum Gasteiger partial charge on any atom is -0.365 e. The van der Waals surface area contributed by atoms with Gasteiger partial charge in [0.25, 0.3) is 6.43 Å². The predicted molar refractivity (Wildman–Crippen MR) is 118 cm³/mol. The zero-order valence-electron chi connectivity index (χ0n) is 16.9. The summed E-state index contributed by atoms with van der Waals surface area (Å²) < 4.78 is 31.7. The summed E-state index contributed by atoms with van der Waals surface area (Å²) in [5, 5.41) is 11.4. The Morgan fingerprint density at radius 2 is 2.17 bits per heavy atom. The van der Waals surface area contributed by atoms with E-state index >= 15 is 0 Å². The molecule has 5 rings (SSSR count). The topological polar surface area (TPSA) is 57.5 Å². The monoisotopic (exact) mass is 450 g/mol. The van der Waals surface area contributed by atoms with Gasteiger partial charge in [-0.2, -0.15) is 0 Å². The van der Waals surface area contributed by atoms with Crippen LogP contribution in [0.25, 0.3) is 16.2 Å². The normalized spacial score (nSPS) is 21.0. The average molecular weight is 451 g/mol. The van der Waals surface area contributed by atoms with Crippen molar-refractivity contribution in [2.75, 3.05) is 24.5 Å². The molecule has 0 aromatic carbocycles. The van der Waals surface area contributed by atoms with Gasteiger partial charge < -0.3 is 14.6 Å². The van der Waals surface area contributed by atoms with Gasteiger partial charge in [0.1, 0.15) is 0 Å². The Labute approximate surface area is 182 Å². The van der Waals surface area contributed by atoms with Crippen molar-refractivity contribution in [3.8, 4) is 10.7 Å². The summed E-state index contributed by atoms with van der Waals surface area (Å²) in [7, 11) is 0. The van der Waals surface area contributed by atoms with Gasteiger partial charge in [0, 0.05) is 42.3 Å². The van der Waals surface area contributed by atoms with Crippen LogP contribution in [0.5, 0.6) is 0 Å². The highest BCUT2D eigenvalue weighted by Gasteiger charge is 2.37. The van der Waals surface area contributed by atoms with Crippen molar-refractivity contribution in [1.29, 1.82) is 0 Å². The number of alkyl halides is 2. The molecule has 1 aliphatic heterocycles. The van der Waals surface area contributed by atoms with Crippen LogP contribution >= 0.6 is 23.3 Å². The minimum atomic E-state index is -2.60. The Bertz CT molecular complexity index is 1060. The second-order valence-electron chi connectivity index (χ2n) is 8.29. The lowest BCUT2D eigenvalue weighted by molar-refractivity contribution is 0.150. The maximum Gasteiger partial charge on any atom is 0.291 e. The molecule has 6 nitrogen and oxygen atoms in total. The Kier molecular flexibility index (Phi) is 5.20. The smallest absolute Gasteiger partial charge is 0.291 e. The number of rotatable bonds is 6. The van der Waals surface area contributed by atoms with Gasteiger partial charge in [-0.25, -0.2) is 8.78 Å². The summed E-state index contributed by atoms with van der Waals surface area (Å²) in [6, 6.07) is 6.59. The first-order valence-corrected chi connectivity index (χ1v) is 11.8. The molecule has 2 aliphatic rings. The van der Waals surface area contributed by atoms with Crippen molar-refractivity contribution in [2.45, 2.75) is 49.6 Å². The van der Waals surface area contributed by atoms with E-state index in [1.54, 1.807) is 11.9 Å². The van der Waals surface area contributed by atoms with Gasteiger partial charge in [0.05, 0.1) is 16.9 Å². The zero-order chi connectivity index (χ0) is 20.9. The quantitative estimate of drug-likeness (QED) is 0.545. The lowest BCUT2D eigenvalue weighted by Crippen LogP contribution is -2.50. The van der Waals surface area contributed by atoms with Crippen molar-refractivity contribution in [1.82, 2.24) is 24.6 Å². The SMILES string of the molecule is CC1CNCCN1c1cc(SNC2(C)CC2)cn2c(-c3nnc(C(F)F)s3)ccc12. The van der Waals surface area contributed by atoms with E-state index in [1.165, 1.54) is 12.8 Å². The van der Waals surface area contributed by atoms with E-state index in [-0.39, 0.29) is 10.5 Å². The Morgan fingerprint density at radius 3 is 2.87 bits per heavy atom. The number of nitrogens with one attached hydrogen (secondary N) is 2. The van der Waals surface area contributed by atoms with E-state index < -0.39 is 6.43 Å². The minimum absolute atomic E-state index is 0.201. The Balaban J connectivity index is 1.59. The largest absolute Gasteiger partial charge is 0.365 e. The first-order chi connectivity index (χ1) is 14.4. The molecule has 1 saturated carbocycles. The Hall–Kier alpha value is -1.75. The number of aromatic nitrogens is 3. The molecule has 1 atom stereocenters. The lowest BCUT2D eigenvalue weighted by atomic mass is 10.2. The number of halogens is 2. The molecular weight excluding hydrogens is 426 g/mol. The number of nitrogens with zero attached hydrogens (tertiary/aromatic N) is 4. The third-order valence-corrected chi connectivity index (χ3v) is 7.80. The maximum atomic E-state index is 13.0. The first-order valence-electron chi connectivity index (χ1n) is 10.1. The first kappa shape index (κ1) is 20.2. The van der Waals surface area contributed by atoms with Gasteiger partial charge in [-0.05, 0) is 56.8 Å². The van der Waals surface area contributed by atoms with Crippen molar-refractivity contribution >= 4 is 34.5 Å². The number of anilines is 1. The molecule has 0 bridgehead atoms. The molecule has 1 aliphatic carbocycles. The van der Waals surface area contributed by atoms with E-state index in [2.05, 4.69) is 55.6 Å². The molecule has 4 heterocycles. The second-order valence-corrected chi connectivity index (χ2v) is 10.2. The van der Waals surface area contributed by atoms with Crippen molar-refractivity contribution in [3.05, 3.63) is 29.4 Å². The molecule has 30 heavy (non-hydrogen) atoms. The summed E-state index contributed by atoms with van der Waals surface area (Å²) in [4.78, 5) is 3.51. The van der Waals surface area contributed by atoms with E-state index in [9.17, 15) is 8.78 Å². The molecule has 3 aromatic rings. The van der Waals surface area contributed by atoms with Crippen LogP contribution in [0.1, 0.15) is 38.1 Å². The van der Waals surface area contributed by atoms with E-state index in [1.807, 2.05) is 12.1 Å². The number of hydrogen-bond donors (Lipinski definition) is 2. The molecule has 2 fully saturated rings. The summed E-state index contributed by atoms with van der Waals surface area (Å²) in [6.07, 6.45) is 1.82. The number of fused-ring (bicyclic) bond motifs is 1. The van der Waals surface area contributed by atoms with Gasteiger partial charge in [0.15, 0.2) is 10.0 Å². The van der Waals surface area contributed by atoms with Gasteiger partial charge in [-0.3, -0.25) is 4.72 Å². The summed E-state index contributed by atoms with van der Waals surface area (Å²) >= 11 is 2.59. The third-order valence-electron chi connectivity index (χ3n) is 5.79. The van der Waals surface area contributed by atoms with Crippen LogP contribution in [0.15, 0.2) is 29.3 Å². The van der Waals surface area contributed by atoms with Gasteiger partial charge in [-0.15, -0.1) is 10.2 Å². The van der Waals surface area contributed by atoms with Crippen LogP contribution < -0.4 is 14.9 Å². The summed E-state index contributed by atoms with van der Waals surface area (Å²) in [6.45, 7) is 7.24. The Morgan fingerprint density at radius 1 is 1.33 bits per heavy atom. The van der Waals surface area contributed by atoms with Crippen LogP contribution in [0.3, 0.4) is 0 Å². The highest BCUT2D eigenvalue weighted by Crippen LogP contribution is 2.40. The molecule has 160 valence electrons. The molecule has 3 aromatic heterocycles. The number of pyridine rings is 1. The standard InChI is InChI=1S/C20H24F2N6S2/c1-12-10-23-7-8-27(12)16-9-13(30-26-20(2)5-6-20)11-28-14(16)3-4-15(28)18-24-25-19(29-18)17(21)22/h3-4,9,11-12,17,23,26H,5-8,10H2,1-2H3. The van der Waals surface area contributed by atoms with Crippen molar-refractivity contribution in [2.24, 2.45) is 0 Å². The summed E-state index contributed by atoms with van der Waals surface area (Å²) in [5.74, 6) is 0. The van der Waals surface area contributed by atoms with E-state index in [0.717, 1.165) is 52.8 Å². The third kappa shape index (κ3) is 3.81. The lowest BCUT2D eigenvalue weighted by Gasteiger charge is -2.36. The van der Waals surface area contributed by atoms with Crippen molar-refractivity contribution < 1.29 is 8.78 Å². The fourth-order valence-electron chi connectivity index (χ4n) is 3.73. The molecule has 1 unspecified atom stereocenters. The highest BCUT2D eigenvalue weighted by molar-refractivity contribution is 7.97. The molecule has 0 amide bonds. The van der Waals surface area contributed by atoms with Crippen LogP contribution in [0, 0.1) is 0 Å².